The fraction of sp³-hybridized carbons (Fsp3) is 0.105. The van der Waals surface area contributed by atoms with E-state index in [-0.39, 0.29) is 11.9 Å². The Balaban J connectivity index is 1.41. The standard InChI is InChI=1S/C19H17N7O2/c1-28-14-4-2-12(3-5-14)10-17-21-19(26-25-17)22-18(27)16-11-15(23-24-16)13-6-8-20-9-7-13/h2-9,11H,10H2,1H3,(H,23,24)(H2,21,22,25,26,27). The van der Waals surface area contributed by atoms with Crippen LogP contribution in [-0.2, 0) is 6.42 Å². The fourth-order valence-electron chi connectivity index (χ4n) is 2.64. The lowest BCUT2D eigenvalue weighted by Crippen LogP contribution is -2.13. The minimum Gasteiger partial charge on any atom is -0.497 e. The molecule has 0 atom stereocenters. The van der Waals surface area contributed by atoms with E-state index >= 15 is 0 Å². The van der Waals surface area contributed by atoms with Crippen LogP contribution in [0.1, 0.15) is 21.9 Å². The number of aromatic amines is 2. The molecular formula is C19H17N7O2. The van der Waals surface area contributed by atoms with Gasteiger partial charge in [-0.1, -0.05) is 12.1 Å². The predicted octanol–water partition coefficient (Wildman–Crippen LogP) is 2.44. The van der Waals surface area contributed by atoms with Gasteiger partial charge in [-0.25, -0.2) is 0 Å². The van der Waals surface area contributed by atoms with E-state index in [0.717, 1.165) is 16.9 Å². The van der Waals surface area contributed by atoms with Crippen LogP contribution >= 0.6 is 0 Å². The van der Waals surface area contributed by atoms with Gasteiger partial charge in [-0.3, -0.25) is 25.3 Å². The second kappa shape index (κ2) is 7.70. The number of H-pyrrole nitrogens is 2. The summed E-state index contributed by atoms with van der Waals surface area (Å²) in [6.45, 7) is 0. The Hall–Kier alpha value is -4.01. The van der Waals surface area contributed by atoms with E-state index in [1.54, 1.807) is 25.6 Å². The number of ether oxygens (including phenoxy) is 1. The molecule has 4 aromatic rings. The summed E-state index contributed by atoms with van der Waals surface area (Å²) in [7, 11) is 1.63. The molecule has 0 spiro atoms. The summed E-state index contributed by atoms with van der Waals surface area (Å²) in [5.74, 6) is 1.26. The van der Waals surface area contributed by atoms with E-state index in [9.17, 15) is 4.79 Å². The van der Waals surface area contributed by atoms with Crippen molar-refractivity contribution >= 4 is 11.9 Å². The summed E-state index contributed by atoms with van der Waals surface area (Å²) in [5.41, 5.74) is 2.88. The molecule has 0 fully saturated rings. The van der Waals surface area contributed by atoms with Crippen molar-refractivity contribution in [3.63, 3.8) is 0 Å². The maximum Gasteiger partial charge on any atom is 0.276 e. The second-order valence-corrected chi connectivity index (χ2v) is 5.99. The molecule has 3 heterocycles. The summed E-state index contributed by atoms with van der Waals surface area (Å²) in [6, 6.07) is 13.0. The van der Waals surface area contributed by atoms with Crippen molar-refractivity contribution in [2.24, 2.45) is 0 Å². The fourth-order valence-corrected chi connectivity index (χ4v) is 2.64. The Bertz CT molecular complexity index is 1070. The molecule has 4 rings (SSSR count). The predicted molar refractivity (Wildman–Crippen MR) is 102 cm³/mol. The lowest BCUT2D eigenvalue weighted by atomic mass is 10.1. The molecule has 0 aliphatic heterocycles. The van der Waals surface area contributed by atoms with E-state index in [4.69, 9.17) is 4.74 Å². The van der Waals surface area contributed by atoms with Crippen LogP contribution in [-0.4, -0.2) is 43.4 Å². The third-order valence-corrected chi connectivity index (χ3v) is 4.09. The van der Waals surface area contributed by atoms with E-state index in [0.29, 0.717) is 23.6 Å². The number of rotatable bonds is 6. The number of nitrogens with zero attached hydrogens (tertiary/aromatic N) is 4. The maximum atomic E-state index is 12.4. The smallest absolute Gasteiger partial charge is 0.276 e. The lowest BCUT2D eigenvalue weighted by Gasteiger charge is -2.01. The van der Waals surface area contributed by atoms with Gasteiger partial charge in [0.2, 0.25) is 5.95 Å². The normalized spacial score (nSPS) is 10.6. The number of hydrogen-bond acceptors (Lipinski definition) is 6. The maximum absolute atomic E-state index is 12.4. The number of benzene rings is 1. The van der Waals surface area contributed by atoms with Gasteiger partial charge in [0.05, 0.1) is 12.8 Å². The Morgan fingerprint density at radius 1 is 1.07 bits per heavy atom. The Morgan fingerprint density at radius 2 is 1.86 bits per heavy atom. The number of methoxy groups -OCH3 is 1. The van der Waals surface area contributed by atoms with Gasteiger partial charge in [0.25, 0.3) is 5.91 Å². The van der Waals surface area contributed by atoms with Crippen LogP contribution in [0.2, 0.25) is 0 Å². The highest BCUT2D eigenvalue weighted by Gasteiger charge is 2.14. The van der Waals surface area contributed by atoms with Gasteiger partial charge >= 0.3 is 0 Å². The van der Waals surface area contributed by atoms with Gasteiger partial charge in [0, 0.05) is 24.4 Å². The topological polar surface area (TPSA) is 121 Å². The molecule has 1 aromatic carbocycles. The molecule has 140 valence electrons. The zero-order chi connectivity index (χ0) is 19.3. The molecule has 0 bridgehead atoms. The van der Waals surface area contributed by atoms with Crippen molar-refractivity contribution in [1.82, 2.24) is 30.4 Å². The monoisotopic (exact) mass is 375 g/mol. The van der Waals surface area contributed by atoms with E-state index in [2.05, 4.69) is 35.7 Å². The highest BCUT2D eigenvalue weighted by atomic mass is 16.5. The molecule has 0 aliphatic carbocycles. The number of anilines is 1. The first-order chi connectivity index (χ1) is 13.7. The molecular weight excluding hydrogens is 358 g/mol. The lowest BCUT2D eigenvalue weighted by molar-refractivity contribution is 0.102. The Labute approximate surface area is 160 Å². The van der Waals surface area contributed by atoms with Crippen LogP contribution in [0.4, 0.5) is 5.95 Å². The summed E-state index contributed by atoms with van der Waals surface area (Å²) in [4.78, 5) is 20.7. The van der Waals surface area contributed by atoms with E-state index < -0.39 is 0 Å². The van der Waals surface area contributed by atoms with Crippen molar-refractivity contribution in [1.29, 1.82) is 0 Å². The largest absolute Gasteiger partial charge is 0.497 e. The van der Waals surface area contributed by atoms with Gasteiger partial charge in [-0.05, 0) is 35.9 Å². The molecule has 1 amide bonds. The molecule has 3 N–H and O–H groups in total. The van der Waals surface area contributed by atoms with Crippen molar-refractivity contribution in [3.05, 3.63) is 71.9 Å². The van der Waals surface area contributed by atoms with E-state index in [1.807, 2.05) is 36.4 Å². The molecule has 9 heteroatoms. The molecule has 0 saturated carbocycles. The van der Waals surface area contributed by atoms with Crippen molar-refractivity contribution < 1.29 is 9.53 Å². The third-order valence-electron chi connectivity index (χ3n) is 4.09. The number of aromatic nitrogens is 6. The van der Waals surface area contributed by atoms with Gasteiger partial charge in [0.1, 0.15) is 17.3 Å². The summed E-state index contributed by atoms with van der Waals surface area (Å²) in [6.07, 6.45) is 3.90. The first-order valence-electron chi connectivity index (χ1n) is 8.52. The van der Waals surface area contributed by atoms with Crippen LogP contribution in [0.5, 0.6) is 5.75 Å². The summed E-state index contributed by atoms with van der Waals surface area (Å²) >= 11 is 0. The van der Waals surface area contributed by atoms with Gasteiger partial charge in [-0.2, -0.15) is 10.1 Å². The number of hydrogen-bond donors (Lipinski definition) is 3. The van der Waals surface area contributed by atoms with E-state index in [1.165, 1.54) is 0 Å². The third kappa shape index (κ3) is 3.88. The van der Waals surface area contributed by atoms with Crippen LogP contribution < -0.4 is 10.1 Å². The summed E-state index contributed by atoms with van der Waals surface area (Å²) in [5, 5.41) is 16.4. The van der Waals surface area contributed by atoms with Crippen LogP contribution in [0, 0.1) is 0 Å². The van der Waals surface area contributed by atoms with Crippen LogP contribution in [0.25, 0.3) is 11.3 Å². The zero-order valence-corrected chi connectivity index (χ0v) is 15.0. The highest BCUT2D eigenvalue weighted by molar-refractivity contribution is 6.02. The van der Waals surface area contributed by atoms with Crippen molar-refractivity contribution in [2.45, 2.75) is 6.42 Å². The van der Waals surface area contributed by atoms with Crippen LogP contribution in [0.3, 0.4) is 0 Å². The second-order valence-electron chi connectivity index (χ2n) is 5.99. The van der Waals surface area contributed by atoms with Gasteiger partial charge < -0.3 is 4.74 Å². The zero-order valence-electron chi connectivity index (χ0n) is 15.0. The average molecular weight is 375 g/mol. The number of carbonyl (C=O) groups is 1. The summed E-state index contributed by atoms with van der Waals surface area (Å²) < 4.78 is 5.14. The van der Waals surface area contributed by atoms with Gasteiger partial charge in [0.15, 0.2) is 0 Å². The minimum atomic E-state index is -0.372. The highest BCUT2D eigenvalue weighted by Crippen LogP contribution is 2.17. The Morgan fingerprint density at radius 3 is 2.61 bits per heavy atom. The molecule has 0 saturated heterocycles. The molecule has 0 unspecified atom stereocenters. The number of amides is 1. The van der Waals surface area contributed by atoms with Gasteiger partial charge in [-0.15, -0.1) is 5.10 Å². The quantitative estimate of drug-likeness (QED) is 0.476. The van der Waals surface area contributed by atoms with Crippen LogP contribution in [0.15, 0.2) is 54.9 Å². The van der Waals surface area contributed by atoms with Crippen molar-refractivity contribution in [2.75, 3.05) is 12.4 Å². The number of pyridine rings is 1. The number of nitrogens with one attached hydrogen (secondary N) is 3. The average Bonchev–Trinajstić information content (AvgIpc) is 3.39. The van der Waals surface area contributed by atoms with Crippen molar-refractivity contribution in [3.8, 4) is 17.0 Å². The minimum absolute atomic E-state index is 0.202. The first kappa shape index (κ1) is 17.4. The molecule has 9 nitrogen and oxygen atoms in total. The number of carbonyl (C=O) groups excluding carboxylic acids is 1. The first-order valence-corrected chi connectivity index (χ1v) is 8.52. The Kier molecular flexibility index (Phi) is 4.79. The molecule has 0 aliphatic rings. The molecule has 0 radical (unpaired) electrons. The SMILES string of the molecule is COc1ccc(Cc2nc(NC(=O)c3cc(-c4ccncc4)n[nH]3)n[nH]2)cc1. The molecule has 3 aromatic heterocycles. The molecule has 28 heavy (non-hydrogen) atoms.